The predicted octanol–water partition coefficient (Wildman–Crippen LogP) is 3.35. The van der Waals surface area contributed by atoms with Crippen LogP contribution in [0.2, 0.25) is 0 Å². The molecule has 0 amide bonds. The number of nitrogens with zero attached hydrogens (tertiary/aromatic N) is 1. The molecule has 0 aromatic heterocycles. The largest absolute Gasteiger partial charge is 0.496 e. The minimum Gasteiger partial charge on any atom is -0.496 e. The van der Waals surface area contributed by atoms with Crippen LogP contribution in [0, 0.1) is 5.82 Å². The number of aliphatic hydroxyl groups excluding tert-OH is 1. The lowest BCUT2D eigenvalue weighted by Crippen LogP contribution is -2.48. The first-order valence-electron chi connectivity index (χ1n) is 10.2. The van der Waals surface area contributed by atoms with Gasteiger partial charge in [-0.3, -0.25) is 4.90 Å². The number of rotatable bonds is 6. The van der Waals surface area contributed by atoms with Gasteiger partial charge in [-0.15, -0.1) is 0 Å². The van der Waals surface area contributed by atoms with E-state index in [0.717, 1.165) is 31.7 Å². The van der Waals surface area contributed by atoms with Gasteiger partial charge in [0.15, 0.2) is 11.5 Å². The van der Waals surface area contributed by atoms with Crippen LogP contribution in [0.3, 0.4) is 0 Å². The lowest BCUT2D eigenvalue weighted by Gasteiger charge is -2.36. The Morgan fingerprint density at radius 2 is 1.79 bits per heavy atom. The normalized spacial score (nSPS) is 21.7. The van der Waals surface area contributed by atoms with Crippen LogP contribution in [0.5, 0.6) is 17.2 Å². The van der Waals surface area contributed by atoms with E-state index in [-0.39, 0.29) is 11.9 Å². The Kier molecular flexibility index (Phi) is 5.92. The molecule has 1 N–H and O–H groups in total. The van der Waals surface area contributed by atoms with E-state index in [0.29, 0.717) is 24.5 Å². The molecular weight excluding hydrogens is 373 g/mol. The van der Waals surface area contributed by atoms with Crippen LogP contribution in [0.4, 0.5) is 4.39 Å². The predicted molar refractivity (Wildman–Crippen MR) is 108 cm³/mol. The number of halogens is 1. The summed E-state index contributed by atoms with van der Waals surface area (Å²) in [6.07, 6.45) is 3.14. The first-order chi connectivity index (χ1) is 14.1. The van der Waals surface area contributed by atoms with E-state index in [2.05, 4.69) is 17.0 Å². The third kappa shape index (κ3) is 4.33. The first kappa shape index (κ1) is 20.0. The van der Waals surface area contributed by atoms with Crippen molar-refractivity contribution in [2.75, 3.05) is 27.3 Å². The molecule has 29 heavy (non-hydrogen) atoms. The zero-order chi connectivity index (χ0) is 20.4. The number of aryl methyl sites for hydroxylation is 2. The second kappa shape index (κ2) is 8.59. The van der Waals surface area contributed by atoms with Gasteiger partial charge in [0.25, 0.3) is 0 Å². The van der Waals surface area contributed by atoms with E-state index >= 15 is 0 Å². The molecule has 1 fully saturated rings. The van der Waals surface area contributed by atoms with Crippen molar-refractivity contribution in [3.63, 3.8) is 0 Å². The lowest BCUT2D eigenvalue weighted by atomic mass is 10.0. The Morgan fingerprint density at radius 1 is 1.03 bits per heavy atom. The fraction of sp³-hybridized carbons (Fsp3) is 0.478. The lowest BCUT2D eigenvalue weighted by molar-refractivity contribution is -0.0284. The van der Waals surface area contributed by atoms with Gasteiger partial charge in [0.1, 0.15) is 23.8 Å². The van der Waals surface area contributed by atoms with E-state index in [9.17, 15) is 9.50 Å². The smallest absolute Gasteiger partial charge is 0.163 e. The van der Waals surface area contributed by atoms with Crippen LogP contribution in [0.15, 0.2) is 30.3 Å². The number of β-amino-alcohol motifs (C(OH)–C–C–N with tert-alkyl or cyclic N) is 1. The van der Waals surface area contributed by atoms with Crippen LogP contribution >= 0.6 is 0 Å². The zero-order valence-corrected chi connectivity index (χ0v) is 17.0. The quantitative estimate of drug-likeness (QED) is 0.805. The number of piperidine rings is 1. The molecule has 1 heterocycles. The van der Waals surface area contributed by atoms with Crippen molar-refractivity contribution in [2.24, 2.45) is 0 Å². The molecule has 1 saturated heterocycles. The van der Waals surface area contributed by atoms with E-state index in [1.54, 1.807) is 13.2 Å². The summed E-state index contributed by atoms with van der Waals surface area (Å²) in [5.74, 6) is 1.33. The maximum atomic E-state index is 13.4. The Bertz CT molecular complexity index is 872. The average Bonchev–Trinajstić information content (AvgIpc) is 3.17. The maximum absolute atomic E-state index is 13.4. The molecule has 4 rings (SSSR count). The van der Waals surface area contributed by atoms with E-state index in [4.69, 9.17) is 14.2 Å². The molecule has 2 aromatic rings. The summed E-state index contributed by atoms with van der Waals surface area (Å²) in [6.45, 7) is 2.04. The van der Waals surface area contributed by atoms with Gasteiger partial charge in [-0.1, -0.05) is 6.07 Å². The fourth-order valence-electron chi connectivity index (χ4n) is 4.37. The summed E-state index contributed by atoms with van der Waals surface area (Å²) in [5, 5.41) is 10.7. The molecule has 2 aliphatic rings. The molecule has 0 saturated carbocycles. The van der Waals surface area contributed by atoms with Crippen molar-refractivity contribution in [3.05, 3.63) is 52.8 Å². The molecule has 0 unspecified atom stereocenters. The minimum absolute atomic E-state index is 0.336. The van der Waals surface area contributed by atoms with Gasteiger partial charge in [0.05, 0.1) is 14.2 Å². The average molecular weight is 401 g/mol. The van der Waals surface area contributed by atoms with Crippen molar-refractivity contribution in [1.82, 2.24) is 4.90 Å². The summed E-state index contributed by atoms with van der Waals surface area (Å²) >= 11 is 0. The number of likely N-dealkylation sites (tertiary alicyclic amines) is 1. The van der Waals surface area contributed by atoms with E-state index < -0.39 is 6.10 Å². The van der Waals surface area contributed by atoms with Crippen LogP contribution in [-0.2, 0) is 19.4 Å². The second-order valence-electron chi connectivity index (χ2n) is 7.83. The van der Waals surface area contributed by atoms with Crippen LogP contribution in [0.25, 0.3) is 0 Å². The molecule has 5 nitrogen and oxygen atoms in total. The Balaban J connectivity index is 1.41. The van der Waals surface area contributed by atoms with Crippen molar-refractivity contribution in [1.29, 1.82) is 0 Å². The molecule has 1 aliphatic heterocycles. The standard InChI is InChI=1S/C23H28FNO4/c1-27-22-11-16-5-3-4-15(16)10-17(22)13-25-9-8-20(19(26)14-25)29-21-7-6-18(24)12-23(21)28-2/h6-7,10-12,19-20,26H,3-5,8-9,13-14H2,1-2H3/t19-,20-/m1/s1. The van der Waals surface area contributed by atoms with Crippen molar-refractivity contribution < 1.29 is 23.7 Å². The Labute approximate surface area is 171 Å². The number of benzene rings is 2. The monoisotopic (exact) mass is 401 g/mol. The SMILES string of the molecule is COc1cc2c(cc1CN1CC[C@@H](Oc3ccc(F)cc3OC)[C@H](O)C1)CCC2. The topological polar surface area (TPSA) is 51.2 Å². The number of ether oxygens (including phenoxy) is 3. The van der Waals surface area contributed by atoms with Gasteiger partial charge in [0, 0.05) is 31.3 Å². The van der Waals surface area contributed by atoms with Crippen LogP contribution in [0.1, 0.15) is 29.5 Å². The molecule has 0 radical (unpaired) electrons. The van der Waals surface area contributed by atoms with Gasteiger partial charge in [-0.25, -0.2) is 4.39 Å². The van der Waals surface area contributed by atoms with Gasteiger partial charge < -0.3 is 19.3 Å². The maximum Gasteiger partial charge on any atom is 0.163 e. The van der Waals surface area contributed by atoms with Gasteiger partial charge >= 0.3 is 0 Å². The molecule has 0 bridgehead atoms. The number of aliphatic hydroxyl groups is 1. The Hall–Kier alpha value is -2.31. The number of fused-ring (bicyclic) bond motifs is 1. The highest BCUT2D eigenvalue weighted by molar-refractivity contribution is 5.45. The van der Waals surface area contributed by atoms with Crippen molar-refractivity contribution in [2.45, 2.75) is 44.4 Å². The van der Waals surface area contributed by atoms with Crippen LogP contribution < -0.4 is 14.2 Å². The number of hydrogen-bond acceptors (Lipinski definition) is 5. The highest BCUT2D eigenvalue weighted by Gasteiger charge is 2.30. The van der Waals surface area contributed by atoms with Crippen molar-refractivity contribution in [3.8, 4) is 17.2 Å². The van der Waals surface area contributed by atoms with E-state index in [1.165, 1.54) is 42.4 Å². The summed E-state index contributed by atoms with van der Waals surface area (Å²) in [7, 11) is 3.19. The molecule has 2 aromatic carbocycles. The van der Waals surface area contributed by atoms with Crippen LogP contribution in [-0.4, -0.2) is 49.5 Å². The third-order valence-corrected chi connectivity index (χ3v) is 5.90. The van der Waals surface area contributed by atoms with Gasteiger partial charge in [-0.05, 0) is 55.0 Å². The summed E-state index contributed by atoms with van der Waals surface area (Å²) in [6, 6.07) is 8.60. The highest BCUT2D eigenvalue weighted by Crippen LogP contribution is 2.33. The first-order valence-corrected chi connectivity index (χ1v) is 10.2. The summed E-state index contributed by atoms with van der Waals surface area (Å²) < 4.78 is 30.2. The summed E-state index contributed by atoms with van der Waals surface area (Å²) in [5.41, 5.74) is 3.98. The zero-order valence-electron chi connectivity index (χ0n) is 17.0. The molecule has 1 aliphatic carbocycles. The molecule has 2 atom stereocenters. The molecule has 156 valence electrons. The minimum atomic E-state index is -0.640. The highest BCUT2D eigenvalue weighted by atomic mass is 19.1. The van der Waals surface area contributed by atoms with Gasteiger partial charge in [0.2, 0.25) is 0 Å². The van der Waals surface area contributed by atoms with Gasteiger partial charge in [-0.2, -0.15) is 0 Å². The third-order valence-electron chi connectivity index (χ3n) is 5.90. The van der Waals surface area contributed by atoms with E-state index in [1.807, 2.05) is 0 Å². The fourth-order valence-corrected chi connectivity index (χ4v) is 4.37. The summed E-state index contributed by atoms with van der Waals surface area (Å²) in [4.78, 5) is 2.23. The molecule has 0 spiro atoms. The Morgan fingerprint density at radius 3 is 2.52 bits per heavy atom. The second-order valence-corrected chi connectivity index (χ2v) is 7.83. The molecule has 6 heteroatoms. The van der Waals surface area contributed by atoms with Crippen molar-refractivity contribution >= 4 is 0 Å². The number of methoxy groups -OCH3 is 2. The number of hydrogen-bond donors (Lipinski definition) is 1. The molecular formula is C23H28FNO4.